The lowest BCUT2D eigenvalue weighted by Gasteiger charge is -2.13. The smallest absolute Gasteiger partial charge is 0.315 e. The standard InChI is InChI=1S/C19H27N3OS2/c1-14-5-7-15(8-6-14)12-24-10-9-20-18(23)21-11-16-13-25-17(22-16)19(2,3)4/h5-8,13H,9-12H2,1-4H3,(H2,20,21,23). The molecule has 1 heterocycles. The third-order valence-corrected chi connectivity index (χ3v) is 5.89. The summed E-state index contributed by atoms with van der Waals surface area (Å²) in [6.07, 6.45) is 0. The van der Waals surface area contributed by atoms with Crippen LogP contribution in [0.4, 0.5) is 4.79 Å². The van der Waals surface area contributed by atoms with E-state index in [4.69, 9.17) is 0 Å². The van der Waals surface area contributed by atoms with Gasteiger partial charge in [-0.05, 0) is 12.5 Å². The van der Waals surface area contributed by atoms with Gasteiger partial charge in [-0.1, -0.05) is 50.6 Å². The third kappa shape index (κ3) is 7.08. The number of carbonyl (C=O) groups is 1. The van der Waals surface area contributed by atoms with Crippen molar-refractivity contribution in [1.29, 1.82) is 0 Å². The van der Waals surface area contributed by atoms with E-state index in [1.807, 2.05) is 17.1 Å². The van der Waals surface area contributed by atoms with Crippen LogP contribution in [-0.2, 0) is 17.7 Å². The molecular weight excluding hydrogens is 350 g/mol. The van der Waals surface area contributed by atoms with Gasteiger partial charge in [-0.25, -0.2) is 9.78 Å². The van der Waals surface area contributed by atoms with Crippen molar-refractivity contribution in [2.24, 2.45) is 0 Å². The van der Waals surface area contributed by atoms with Gasteiger partial charge in [0.25, 0.3) is 0 Å². The molecule has 0 aliphatic heterocycles. The highest BCUT2D eigenvalue weighted by molar-refractivity contribution is 7.98. The molecule has 0 radical (unpaired) electrons. The highest BCUT2D eigenvalue weighted by Crippen LogP contribution is 2.25. The summed E-state index contributed by atoms with van der Waals surface area (Å²) in [4.78, 5) is 16.4. The minimum atomic E-state index is -0.138. The zero-order valence-corrected chi connectivity index (χ0v) is 17.0. The van der Waals surface area contributed by atoms with Gasteiger partial charge >= 0.3 is 6.03 Å². The first-order valence-electron chi connectivity index (χ1n) is 8.44. The lowest BCUT2D eigenvalue weighted by atomic mass is 9.98. The number of nitrogens with zero attached hydrogens (tertiary/aromatic N) is 1. The molecule has 0 aliphatic carbocycles. The van der Waals surface area contributed by atoms with Crippen LogP contribution in [0.3, 0.4) is 0 Å². The topological polar surface area (TPSA) is 54.0 Å². The molecule has 0 saturated carbocycles. The molecule has 1 aromatic carbocycles. The van der Waals surface area contributed by atoms with Crippen LogP contribution in [0.2, 0.25) is 0 Å². The molecule has 0 spiro atoms. The van der Waals surface area contributed by atoms with Gasteiger partial charge in [0, 0.05) is 28.8 Å². The minimum Gasteiger partial charge on any atom is -0.337 e. The Labute approximate surface area is 158 Å². The fourth-order valence-electron chi connectivity index (χ4n) is 2.08. The van der Waals surface area contributed by atoms with Gasteiger partial charge < -0.3 is 10.6 Å². The zero-order chi connectivity index (χ0) is 18.3. The number of benzene rings is 1. The Morgan fingerprint density at radius 1 is 1.20 bits per heavy atom. The van der Waals surface area contributed by atoms with E-state index in [9.17, 15) is 4.79 Å². The van der Waals surface area contributed by atoms with Gasteiger partial charge in [-0.15, -0.1) is 11.3 Å². The van der Waals surface area contributed by atoms with Gasteiger partial charge in [-0.3, -0.25) is 0 Å². The van der Waals surface area contributed by atoms with Crippen molar-refractivity contribution in [3.05, 3.63) is 51.5 Å². The Bertz CT molecular complexity index is 675. The number of thiazole rings is 1. The van der Waals surface area contributed by atoms with Crippen molar-refractivity contribution < 1.29 is 4.79 Å². The summed E-state index contributed by atoms with van der Waals surface area (Å²) in [5, 5.41) is 8.86. The van der Waals surface area contributed by atoms with Crippen molar-refractivity contribution in [2.45, 2.75) is 45.4 Å². The van der Waals surface area contributed by atoms with E-state index in [-0.39, 0.29) is 11.4 Å². The Hall–Kier alpha value is -1.53. The van der Waals surface area contributed by atoms with Crippen molar-refractivity contribution in [1.82, 2.24) is 15.6 Å². The third-order valence-electron chi connectivity index (χ3n) is 3.54. The van der Waals surface area contributed by atoms with Crippen LogP contribution in [-0.4, -0.2) is 23.3 Å². The number of carbonyl (C=O) groups excluding carboxylic acids is 1. The Morgan fingerprint density at radius 3 is 2.56 bits per heavy atom. The number of aromatic nitrogens is 1. The normalized spacial score (nSPS) is 11.4. The second kappa shape index (κ2) is 9.25. The largest absolute Gasteiger partial charge is 0.337 e. The van der Waals surface area contributed by atoms with Gasteiger partial charge in [0.2, 0.25) is 0 Å². The lowest BCUT2D eigenvalue weighted by Crippen LogP contribution is -2.36. The Morgan fingerprint density at radius 2 is 1.92 bits per heavy atom. The van der Waals surface area contributed by atoms with E-state index in [1.165, 1.54) is 11.1 Å². The molecule has 2 rings (SSSR count). The molecular formula is C19H27N3OS2. The monoisotopic (exact) mass is 377 g/mol. The maximum Gasteiger partial charge on any atom is 0.315 e. The maximum atomic E-state index is 11.8. The van der Waals surface area contributed by atoms with Crippen LogP contribution >= 0.6 is 23.1 Å². The van der Waals surface area contributed by atoms with E-state index in [1.54, 1.807) is 11.3 Å². The summed E-state index contributed by atoms with van der Waals surface area (Å²) in [5.41, 5.74) is 3.57. The van der Waals surface area contributed by atoms with Crippen LogP contribution in [0.15, 0.2) is 29.6 Å². The average Bonchev–Trinajstić information content (AvgIpc) is 3.04. The number of hydrogen-bond donors (Lipinski definition) is 2. The lowest BCUT2D eigenvalue weighted by molar-refractivity contribution is 0.241. The number of nitrogens with one attached hydrogen (secondary N) is 2. The highest BCUT2D eigenvalue weighted by Gasteiger charge is 2.17. The first kappa shape index (κ1) is 19.8. The average molecular weight is 378 g/mol. The fourth-order valence-corrected chi connectivity index (χ4v) is 3.80. The molecule has 0 unspecified atom stereocenters. The first-order valence-corrected chi connectivity index (χ1v) is 10.5. The second-order valence-corrected chi connectivity index (χ2v) is 9.00. The Balaban J connectivity index is 1.59. The Kier molecular flexibility index (Phi) is 7.32. The van der Waals surface area contributed by atoms with Crippen molar-refractivity contribution >= 4 is 29.1 Å². The fraction of sp³-hybridized carbons (Fsp3) is 0.474. The predicted octanol–water partition coefficient (Wildman–Crippen LogP) is 4.48. The molecule has 25 heavy (non-hydrogen) atoms. The van der Waals surface area contributed by atoms with Crippen molar-refractivity contribution in [2.75, 3.05) is 12.3 Å². The predicted molar refractivity (Wildman–Crippen MR) is 108 cm³/mol. The number of thioether (sulfide) groups is 1. The summed E-state index contributed by atoms with van der Waals surface area (Å²) in [6.45, 7) is 9.65. The van der Waals surface area contributed by atoms with E-state index in [0.29, 0.717) is 13.1 Å². The van der Waals surface area contributed by atoms with E-state index >= 15 is 0 Å². The van der Waals surface area contributed by atoms with Crippen LogP contribution in [0.1, 0.15) is 42.6 Å². The van der Waals surface area contributed by atoms with Crippen LogP contribution in [0, 0.1) is 6.92 Å². The number of aryl methyl sites for hydroxylation is 1. The van der Waals surface area contributed by atoms with E-state index < -0.39 is 0 Å². The molecule has 0 atom stereocenters. The van der Waals surface area contributed by atoms with E-state index in [0.717, 1.165) is 22.2 Å². The number of rotatable bonds is 7. The SMILES string of the molecule is Cc1ccc(CSCCNC(=O)NCc2csc(C(C)(C)C)n2)cc1. The van der Waals surface area contributed by atoms with Crippen molar-refractivity contribution in [3.63, 3.8) is 0 Å². The maximum absolute atomic E-state index is 11.8. The summed E-state index contributed by atoms with van der Waals surface area (Å²) in [5.74, 6) is 1.87. The molecule has 6 heteroatoms. The molecule has 2 amide bonds. The number of hydrogen-bond acceptors (Lipinski definition) is 4. The van der Waals surface area contributed by atoms with Crippen LogP contribution in [0.25, 0.3) is 0 Å². The van der Waals surface area contributed by atoms with Gasteiger partial charge in [0.15, 0.2) is 0 Å². The summed E-state index contributed by atoms with van der Waals surface area (Å²) in [6, 6.07) is 8.43. The second-order valence-electron chi connectivity index (χ2n) is 7.04. The molecule has 1 aromatic heterocycles. The van der Waals surface area contributed by atoms with Gasteiger partial charge in [-0.2, -0.15) is 11.8 Å². The minimum absolute atomic E-state index is 0.0554. The van der Waals surface area contributed by atoms with Gasteiger partial charge in [0.1, 0.15) is 0 Å². The quantitative estimate of drug-likeness (QED) is 0.700. The number of amides is 2. The first-order chi connectivity index (χ1) is 11.8. The van der Waals surface area contributed by atoms with Crippen LogP contribution in [0.5, 0.6) is 0 Å². The molecule has 2 N–H and O–H groups in total. The summed E-state index contributed by atoms with van der Waals surface area (Å²) >= 11 is 3.47. The molecule has 0 aliphatic rings. The molecule has 4 nitrogen and oxygen atoms in total. The molecule has 0 bridgehead atoms. The highest BCUT2D eigenvalue weighted by atomic mass is 32.2. The summed E-state index contributed by atoms with van der Waals surface area (Å²) in [7, 11) is 0. The van der Waals surface area contributed by atoms with Crippen molar-refractivity contribution in [3.8, 4) is 0 Å². The molecule has 136 valence electrons. The summed E-state index contributed by atoms with van der Waals surface area (Å²) < 4.78 is 0. The zero-order valence-electron chi connectivity index (χ0n) is 15.4. The number of urea groups is 1. The molecule has 0 saturated heterocycles. The van der Waals surface area contributed by atoms with Crippen LogP contribution < -0.4 is 10.6 Å². The molecule has 2 aromatic rings. The molecule has 0 fully saturated rings. The van der Waals surface area contributed by atoms with Gasteiger partial charge in [0.05, 0.1) is 17.2 Å². The van der Waals surface area contributed by atoms with E-state index in [2.05, 4.69) is 67.6 Å².